The maximum atomic E-state index is 13.1. The van der Waals surface area contributed by atoms with Crippen LogP contribution in [0.1, 0.15) is 15.3 Å². The molecule has 1 nitrogen and oxygen atoms in total. The maximum Gasteiger partial charge on any atom is 0.124 e. The Morgan fingerprint density at radius 2 is 2.06 bits per heavy atom. The first-order valence-electron chi connectivity index (χ1n) is 5.34. The van der Waals surface area contributed by atoms with Gasteiger partial charge < -0.3 is 5.32 Å². The van der Waals surface area contributed by atoms with Gasteiger partial charge in [0.15, 0.2) is 0 Å². The van der Waals surface area contributed by atoms with Crippen LogP contribution in [0.3, 0.4) is 0 Å². The molecule has 90 valence electrons. The molecule has 0 fully saturated rings. The first-order chi connectivity index (χ1) is 8.13. The second-order valence-electron chi connectivity index (χ2n) is 3.89. The highest BCUT2D eigenvalue weighted by Gasteiger charge is 2.00. The van der Waals surface area contributed by atoms with Gasteiger partial charge in [-0.1, -0.05) is 15.9 Å². The summed E-state index contributed by atoms with van der Waals surface area (Å²) in [5.41, 5.74) is 0.949. The molecule has 0 unspecified atom stereocenters. The Bertz CT molecular complexity index is 490. The summed E-state index contributed by atoms with van der Waals surface area (Å²) in [6.07, 6.45) is 0. The van der Waals surface area contributed by atoms with Gasteiger partial charge in [0.25, 0.3) is 0 Å². The second kappa shape index (κ2) is 5.76. The summed E-state index contributed by atoms with van der Waals surface area (Å²) in [4.78, 5) is 2.62. The largest absolute Gasteiger partial charge is 0.308 e. The first kappa shape index (κ1) is 12.7. The van der Waals surface area contributed by atoms with Crippen LogP contribution >= 0.6 is 27.3 Å². The smallest absolute Gasteiger partial charge is 0.124 e. The van der Waals surface area contributed by atoms with Crippen molar-refractivity contribution in [1.29, 1.82) is 0 Å². The summed E-state index contributed by atoms with van der Waals surface area (Å²) in [5.74, 6) is -0.205. The third-order valence-electron chi connectivity index (χ3n) is 2.35. The third-order valence-corrected chi connectivity index (χ3v) is 3.81. The topological polar surface area (TPSA) is 12.0 Å². The number of thiophene rings is 1. The van der Waals surface area contributed by atoms with Crippen molar-refractivity contribution in [3.05, 3.63) is 55.9 Å². The van der Waals surface area contributed by atoms with Gasteiger partial charge in [-0.2, -0.15) is 0 Å². The Morgan fingerprint density at radius 3 is 2.71 bits per heavy atom. The molecule has 0 spiro atoms. The van der Waals surface area contributed by atoms with E-state index in [0.29, 0.717) is 6.54 Å². The molecule has 0 aliphatic carbocycles. The van der Waals surface area contributed by atoms with Crippen LogP contribution < -0.4 is 5.32 Å². The van der Waals surface area contributed by atoms with Crippen LogP contribution in [0, 0.1) is 12.7 Å². The molecule has 1 N–H and O–H groups in total. The van der Waals surface area contributed by atoms with Crippen molar-refractivity contribution in [1.82, 2.24) is 5.32 Å². The van der Waals surface area contributed by atoms with E-state index in [1.54, 1.807) is 17.4 Å². The Kier molecular flexibility index (Phi) is 4.31. The van der Waals surface area contributed by atoms with Gasteiger partial charge in [0, 0.05) is 27.3 Å². The average molecular weight is 314 g/mol. The zero-order valence-electron chi connectivity index (χ0n) is 9.47. The summed E-state index contributed by atoms with van der Waals surface area (Å²) in [6, 6.07) is 9.17. The van der Waals surface area contributed by atoms with Crippen molar-refractivity contribution in [3.8, 4) is 0 Å². The molecule has 1 aromatic heterocycles. The summed E-state index contributed by atoms with van der Waals surface area (Å²) in [5, 5.41) is 3.31. The number of rotatable bonds is 4. The molecule has 0 bridgehead atoms. The molecule has 0 radical (unpaired) electrons. The van der Waals surface area contributed by atoms with Gasteiger partial charge in [-0.15, -0.1) is 11.3 Å². The highest BCUT2D eigenvalue weighted by molar-refractivity contribution is 9.10. The van der Waals surface area contributed by atoms with Crippen molar-refractivity contribution in [2.24, 2.45) is 0 Å². The number of nitrogens with one attached hydrogen (secondary N) is 1. The zero-order valence-corrected chi connectivity index (χ0v) is 11.9. The van der Waals surface area contributed by atoms with Gasteiger partial charge in [0.05, 0.1) is 0 Å². The summed E-state index contributed by atoms with van der Waals surface area (Å²) in [7, 11) is 0. The number of hydrogen-bond donors (Lipinski definition) is 1. The maximum absolute atomic E-state index is 13.1. The molecule has 0 amide bonds. The van der Waals surface area contributed by atoms with Gasteiger partial charge in [0.2, 0.25) is 0 Å². The lowest BCUT2D eigenvalue weighted by atomic mass is 10.2. The summed E-state index contributed by atoms with van der Waals surface area (Å²) < 4.78 is 13.9. The van der Waals surface area contributed by atoms with Crippen LogP contribution in [-0.4, -0.2) is 0 Å². The molecule has 0 aliphatic rings. The predicted octanol–water partition coefficient (Wildman–Crippen LogP) is 4.25. The van der Waals surface area contributed by atoms with Crippen molar-refractivity contribution in [2.75, 3.05) is 0 Å². The van der Waals surface area contributed by atoms with Crippen LogP contribution in [0.15, 0.2) is 34.8 Å². The van der Waals surface area contributed by atoms with E-state index in [4.69, 9.17) is 0 Å². The molecule has 0 saturated heterocycles. The van der Waals surface area contributed by atoms with E-state index in [-0.39, 0.29) is 5.82 Å². The van der Waals surface area contributed by atoms with Crippen LogP contribution in [0.4, 0.5) is 4.39 Å². The van der Waals surface area contributed by atoms with Crippen LogP contribution in [0.5, 0.6) is 0 Å². The minimum Gasteiger partial charge on any atom is -0.308 e. The predicted molar refractivity (Wildman–Crippen MR) is 73.7 cm³/mol. The lowest BCUT2D eigenvalue weighted by molar-refractivity contribution is 0.619. The van der Waals surface area contributed by atoms with Gasteiger partial charge in [-0.25, -0.2) is 4.39 Å². The fourth-order valence-electron chi connectivity index (χ4n) is 1.62. The quantitative estimate of drug-likeness (QED) is 0.890. The normalized spacial score (nSPS) is 10.8. The molecule has 1 heterocycles. The molecular formula is C13H13BrFNS. The second-order valence-corrected chi connectivity index (χ2v) is 6.18. The van der Waals surface area contributed by atoms with E-state index in [2.05, 4.69) is 40.3 Å². The van der Waals surface area contributed by atoms with E-state index < -0.39 is 0 Å². The van der Waals surface area contributed by atoms with E-state index in [0.717, 1.165) is 16.6 Å². The molecular weight excluding hydrogens is 301 g/mol. The van der Waals surface area contributed by atoms with Crippen molar-refractivity contribution in [3.63, 3.8) is 0 Å². The lowest BCUT2D eigenvalue weighted by Crippen LogP contribution is -2.11. The lowest BCUT2D eigenvalue weighted by Gasteiger charge is -2.04. The molecule has 0 atom stereocenters. The zero-order chi connectivity index (χ0) is 12.3. The Hall–Kier alpha value is -0.710. The first-order valence-corrected chi connectivity index (χ1v) is 6.95. The Balaban J connectivity index is 1.89. The Labute approximate surface area is 113 Å². The van der Waals surface area contributed by atoms with E-state index in [9.17, 15) is 4.39 Å². The molecule has 4 heteroatoms. The number of halogens is 2. The van der Waals surface area contributed by atoms with E-state index in [1.807, 2.05) is 6.07 Å². The Morgan fingerprint density at radius 1 is 1.24 bits per heavy atom. The molecule has 2 aromatic rings. The van der Waals surface area contributed by atoms with Gasteiger partial charge in [-0.3, -0.25) is 0 Å². The van der Waals surface area contributed by atoms with Gasteiger partial charge in [-0.05, 0) is 42.8 Å². The molecule has 17 heavy (non-hydrogen) atoms. The van der Waals surface area contributed by atoms with Gasteiger partial charge >= 0.3 is 0 Å². The fraction of sp³-hybridized carbons (Fsp3) is 0.231. The van der Waals surface area contributed by atoms with E-state index in [1.165, 1.54) is 15.8 Å². The molecule has 0 saturated carbocycles. The third kappa shape index (κ3) is 3.91. The fourth-order valence-corrected chi connectivity index (χ4v) is 3.00. The number of hydrogen-bond acceptors (Lipinski definition) is 2. The van der Waals surface area contributed by atoms with Crippen molar-refractivity contribution in [2.45, 2.75) is 20.0 Å². The minimum atomic E-state index is -0.205. The molecule has 1 aromatic carbocycles. The highest BCUT2D eigenvalue weighted by Crippen LogP contribution is 2.16. The SMILES string of the molecule is Cc1ccc(CNCc2cc(F)cc(Br)c2)s1. The summed E-state index contributed by atoms with van der Waals surface area (Å²) in [6.45, 7) is 3.60. The van der Waals surface area contributed by atoms with Crippen molar-refractivity contribution < 1.29 is 4.39 Å². The van der Waals surface area contributed by atoms with Crippen molar-refractivity contribution >= 4 is 27.3 Å². The monoisotopic (exact) mass is 313 g/mol. The van der Waals surface area contributed by atoms with Crippen LogP contribution in [0.25, 0.3) is 0 Å². The minimum absolute atomic E-state index is 0.205. The van der Waals surface area contributed by atoms with Gasteiger partial charge in [0.1, 0.15) is 5.82 Å². The highest BCUT2D eigenvalue weighted by atomic mass is 79.9. The number of aryl methyl sites for hydroxylation is 1. The molecule has 2 rings (SSSR count). The van der Waals surface area contributed by atoms with E-state index >= 15 is 0 Å². The van der Waals surface area contributed by atoms with Crippen LogP contribution in [0.2, 0.25) is 0 Å². The summed E-state index contributed by atoms with van der Waals surface area (Å²) >= 11 is 5.07. The average Bonchev–Trinajstić information content (AvgIpc) is 2.63. The molecule has 0 aliphatic heterocycles. The van der Waals surface area contributed by atoms with Crippen LogP contribution in [-0.2, 0) is 13.1 Å². The standard InChI is InChI=1S/C13H13BrFNS/c1-9-2-3-13(17-9)8-16-7-10-4-11(14)6-12(15)5-10/h2-6,16H,7-8H2,1H3. The number of benzene rings is 1.